The highest BCUT2D eigenvalue weighted by molar-refractivity contribution is 5.75. The molecule has 1 aromatic heterocycles. The van der Waals surface area contributed by atoms with Crippen molar-refractivity contribution in [3.8, 4) is 11.1 Å². The summed E-state index contributed by atoms with van der Waals surface area (Å²) in [5, 5.41) is 11.8. The lowest BCUT2D eigenvalue weighted by Gasteiger charge is -2.35. The van der Waals surface area contributed by atoms with Gasteiger partial charge in [0.2, 0.25) is 0 Å². The van der Waals surface area contributed by atoms with Gasteiger partial charge in [-0.15, -0.1) is 0 Å². The predicted octanol–water partition coefficient (Wildman–Crippen LogP) is 6.16. The molecule has 0 saturated heterocycles. The van der Waals surface area contributed by atoms with E-state index in [1.807, 2.05) is 31.3 Å². The van der Waals surface area contributed by atoms with Gasteiger partial charge in [-0.25, -0.2) is 0 Å². The number of ether oxygens (including phenoxy) is 2. The molecule has 2 N–H and O–H groups in total. The molecule has 2 heterocycles. The second-order valence-electron chi connectivity index (χ2n) is 11.9. The second-order valence-corrected chi connectivity index (χ2v) is 11.9. The van der Waals surface area contributed by atoms with E-state index >= 15 is 0 Å². The van der Waals surface area contributed by atoms with E-state index in [0.29, 0.717) is 18.5 Å². The zero-order valence-electron chi connectivity index (χ0n) is 25.4. The first kappa shape index (κ1) is 31.3. The van der Waals surface area contributed by atoms with Crippen LogP contribution in [0.4, 0.5) is 11.4 Å². The van der Waals surface area contributed by atoms with Crippen molar-refractivity contribution in [3.63, 3.8) is 0 Å². The number of pyridine rings is 1. The molecule has 1 aliphatic heterocycles. The van der Waals surface area contributed by atoms with E-state index in [0.717, 1.165) is 41.0 Å². The van der Waals surface area contributed by atoms with Crippen LogP contribution in [0.25, 0.3) is 11.1 Å². The van der Waals surface area contributed by atoms with Crippen molar-refractivity contribution in [2.45, 2.75) is 64.6 Å². The molecular weight excluding hydrogens is 532 g/mol. The van der Waals surface area contributed by atoms with Gasteiger partial charge in [-0.05, 0) is 78.1 Å². The summed E-state index contributed by atoms with van der Waals surface area (Å²) >= 11 is 0. The highest BCUT2D eigenvalue weighted by atomic mass is 16.6. The Bertz CT molecular complexity index is 1430. The summed E-state index contributed by atoms with van der Waals surface area (Å²) in [6, 6.07) is 14.7. The third-order valence-corrected chi connectivity index (χ3v) is 8.20. The number of benzene rings is 2. The van der Waals surface area contributed by atoms with Crippen molar-refractivity contribution in [1.82, 2.24) is 4.98 Å². The number of aldehydes is 1. The minimum absolute atomic E-state index is 0.0175. The molecule has 0 fully saturated rings. The van der Waals surface area contributed by atoms with Crippen LogP contribution in [0.15, 0.2) is 54.7 Å². The number of fused-ring (bicyclic) bond motifs is 1. The van der Waals surface area contributed by atoms with Crippen LogP contribution in [0.3, 0.4) is 0 Å². The summed E-state index contributed by atoms with van der Waals surface area (Å²) in [4.78, 5) is 29.8. The highest BCUT2D eigenvalue weighted by Gasteiger charge is 2.43. The maximum absolute atomic E-state index is 11.8. The van der Waals surface area contributed by atoms with Crippen LogP contribution in [-0.2, 0) is 20.7 Å². The average Bonchev–Trinajstić information content (AvgIpc) is 3.27. The lowest BCUT2D eigenvalue weighted by molar-refractivity contribution is -0.384. The van der Waals surface area contributed by atoms with Crippen LogP contribution in [0.2, 0.25) is 0 Å². The number of hydrogen-bond donors (Lipinski definition) is 1. The number of carbonyl (C=O) groups excluding carboxylic acids is 1. The number of likely N-dealkylation sites (N-methyl/N-ethyl adjacent to an activating group) is 1. The molecule has 4 atom stereocenters. The molecule has 0 bridgehead atoms. The number of nitro benzene ring substituents is 1. The number of nitro groups is 1. The van der Waals surface area contributed by atoms with Crippen LogP contribution < -0.4 is 10.6 Å². The molecule has 9 nitrogen and oxygen atoms in total. The van der Waals surface area contributed by atoms with Crippen LogP contribution in [0.1, 0.15) is 74.6 Å². The van der Waals surface area contributed by atoms with Gasteiger partial charge >= 0.3 is 0 Å². The summed E-state index contributed by atoms with van der Waals surface area (Å²) in [6.45, 7) is 10.0. The minimum atomic E-state index is -0.727. The lowest BCUT2D eigenvalue weighted by atomic mass is 9.76. The van der Waals surface area contributed by atoms with E-state index < -0.39 is 11.0 Å². The monoisotopic (exact) mass is 574 g/mol. The number of carbonyl (C=O) groups is 1. The molecule has 4 rings (SSSR count). The zero-order valence-corrected chi connectivity index (χ0v) is 25.4. The first-order chi connectivity index (χ1) is 20.0. The van der Waals surface area contributed by atoms with Crippen molar-refractivity contribution < 1.29 is 19.2 Å². The summed E-state index contributed by atoms with van der Waals surface area (Å²) in [5.74, 6) is 0.0960. The Balaban J connectivity index is 1.89. The fourth-order valence-corrected chi connectivity index (χ4v) is 6.36. The molecular formula is C33H42N4O5. The summed E-state index contributed by atoms with van der Waals surface area (Å²) < 4.78 is 11.3. The average molecular weight is 575 g/mol. The Labute approximate surface area is 248 Å². The van der Waals surface area contributed by atoms with Crippen LogP contribution >= 0.6 is 0 Å². The fourth-order valence-electron chi connectivity index (χ4n) is 6.36. The third-order valence-electron chi connectivity index (χ3n) is 8.20. The van der Waals surface area contributed by atoms with E-state index in [1.54, 1.807) is 20.3 Å². The molecule has 42 heavy (non-hydrogen) atoms. The number of nitrogens with zero attached hydrogens (tertiary/aromatic N) is 3. The Kier molecular flexibility index (Phi) is 9.76. The Morgan fingerprint density at radius 1 is 1.14 bits per heavy atom. The Morgan fingerprint density at radius 3 is 2.55 bits per heavy atom. The van der Waals surface area contributed by atoms with Gasteiger partial charge in [0.15, 0.2) is 0 Å². The van der Waals surface area contributed by atoms with E-state index in [2.05, 4.69) is 43.9 Å². The zero-order chi connectivity index (χ0) is 30.6. The smallest absolute Gasteiger partial charge is 0.270 e. The van der Waals surface area contributed by atoms with Gasteiger partial charge < -0.3 is 24.9 Å². The number of non-ortho nitro benzene ring substituents is 1. The van der Waals surface area contributed by atoms with Crippen molar-refractivity contribution >= 4 is 17.7 Å². The van der Waals surface area contributed by atoms with E-state index in [4.69, 9.17) is 20.2 Å². The van der Waals surface area contributed by atoms with Crippen molar-refractivity contribution in [1.29, 1.82) is 0 Å². The van der Waals surface area contributed by atoms with E-state index in [-0.39, 0.29) is 35.6 Å². The van der Waals surface area contributed by atoms with Gasteiger partial charge in [0.25, 0.3) is 5.69 Å². The number of hydrogen-bond acceptors (Lipinski definition) is 8. The quantitative estimate of drug-likeness (QED) is 0.146. The van der Waals surface area contributed by atoms with Crippen molar-refractivity contribution in [3.05, 3.63) is 87.2 Å². The number of anilines is 1. The number of aromatic nitrogens is 1. The second kappa shape index (κ2) is 13.1. The van der Waals surface area contributed by atoms with Gasteiger partial charge in [-0.1, -0.05) is 32.0 Å². The molecule has 0 aliphatic carbocycles. The number of rotatable bonds is 13. The van der Waals surface area contributed by atoms with Gasteiger partial charge in [0.05, 0.1) is 35.4 Å². The van der Waals surface area contributed by atoms with Crippen molar-refractivity contribution in [2.24, 2.45) is 11.1 Å². The van der Waals surface area contributed by atoms with Gasteiger partial charge in [0.1, 0.15) is 6.29 Å². The molecule has 3 aromatic rings. The van der Waals surface area contributed by atoms with Crippen LogP contribution in [0.5, 0.6) is 0 Å². The highest BCUT2D eigenvalue weighted by Crippen LogP contribution is 2.54. The minimum Gasteiger partial charge on any atom is -0.384 e. The fraction of sp³-hybridized carbons (Fsp3) is 0.455. The molecule has 4 unspecified atom stereocenters. The van der Waals surface area contributed by atoms with Crippen LogP contribution in [0, 0.1) is 15.5 Å². The van der Waals surface area contributed by atoms with Gasteiger partial charge in [0, 0.05) is 50.7 Å². The molecule has 1 aliphatic rings. The summed E-state index contributed by atoms with van der Waals surface area (Å²) in [7, 11) is 3.43. The molecule has 0 saturated carbocycles. The van der Waals surface area contributed by atoms with Gasteiger partial charge in [-0.2, -0.15) is 0 Å². The Morgan fingerprint density at radius 2 is 1.90 bits per heavy atom. The largest absolute Gasteiger partial charge is 0.384 e. The summed E-state index contributed by atoms with van der Waals surface area (Å²) in [5.41, 5.74) is 12.3. The third kappa shape index (κ3) is 6.53. The molecule has 0 amide bonds. The normalized spacial score (nSPS) is 18.0. The summed E-state index contributed by atoms with van der Waals surface area (Å²) in [6.07, 6.45) is 3.38. The SMILES string of the molecule is CCN1c2ccc(-c3cc(CC(N)C=O)cc([N+](=O)[O-])c3)cc2C(CC(C)(C)COC)C1c1cccnc1C(C)OC. The Hall–Kier alpha value is -3.66. The molecule has 224 valence electrons. The maximum atomic E-state index is 11.8. The standard InChI is InChI=1S/C33H42N4O5/c1-7-36-30-11-10-23(24-13-22(14-25(34)19-38)15-26(16-24)37(39)40)17-28(30)29(18-33(3,4)20-41-5)32(36)27-9-8-12-35-31(27)21(2)42-6/h8-13,15-17,19,21,25,29,32H,7,14,18,20,34H2,1-6H3. The topological polar surface area (TPSA) is 121 Å². The molecule has 2 aromatic carbocycles. The van der Waals surface area contributed by atoms with Gasteiger partial charge in [-0.3, -0.25) is 15.1 Å². The molecule has 9 heteroatoms. The molecule has 0 spiro atoms. The maximum Gasteiger partial charge on any atom is 0.270 e. The van der Waals surface area contributed by atoms with E-state index in [9.17, 15) is 14.9 Å². The first-order valence-electron chi connectivity index (χ1n) is 14.4. The number of methoxy groups -OCH3 is 2. The number of nitrogens with two attached hydrogens (primary N) is 1. The predicted molar refractivity (Wildman–Crippen MR) is 165 cm³/mol. The van der Waals surface area contributed by atoms with E-state index in [1.165, 1.54) is 11.6 Å². The first-order valence-corrected chi connectivity index (χ1v) is 14.4. The molecule has 0 radical (unpaired) electrons. The van der Waals surface area contributed by atoms with Crippen LogP contribution in [-0.4, -0.2) is 49.6 Å². The lowest BCUT2D eigenvalue weighted by Crippen LogP contribution is -2.31. The van der Waals surface area contributed by atoms with Crippen molar-refractivity contribution in [2.75, 3.05) is 32.3 Å².